The molecule has 0 atom stereocenters. The fourth-order valence-electron chi connectivity index (χ4n) is 3.60. The highest BCUT2D eigenvalue weighted by Gasteiger charge is 2.36. The predicted octanol–water partition coefficient (Wildman–Crippen LogP) is 5.71. The molecular weight excluding hydrogens is 479 g/mol. The van der Waals surface area contributed by atoms with Gasteiger partial charge in [-0.2, -0.15) is 18.3 Å². The van der Waals surface area contributed by atoms with Crippen molar-refractivity contribution in [1.82, 2.24) is 14.6 Å². The highest BCUT2D eigenvalue weighted by atomic mass is 19.4. The van der Waals surface area contributed by atoms with Crippen molar-refractivity contribution in [3.8, 4) is 17.0 Å². The SMILES string of the molecule is COc1ccc(NC(=O)c2cnn3c(C(F)(F)F)cc(-c4ccc(C(C)C)cc4)nc23)c([N+](=O)[O-])c1. The smallest absolute Gasteiger partial charge is 0.433 e. The zero-order valence-corrected chi connectivity index (χ0v) is 19.3. The van der Waals surface area contributed by atoms with Crippen LogP contribution in [0.5, 0.6) is 5.75 Å². The number of alkyl halides is 3. The van der Waals surface area contributed by atoms with Crippen molar-refractivity contribution in [2.24, 2.45) is 0 Å². The maximum atomic E-state index is 13.9. The van der Waals surface area contributed by atoms with Crippen molar-refractivity contribution in [3.63, 3.8) is 0 Å². The Kier molecular flexibility index (Phi) is 6.35. The molecule has 0 aliphatic heterocycles. The largest absolute Gasteiger partial charge is 0.496 e. The first-order chi connectivity index (χ1) is 17.0. The van der Waals surface area contributed by atoms with Crippen molar-refractivity contribution in [2.75, 3.05) is 12.4 Å². The van der Waals surface area contributed by atoms with Gasteiger partial charge in [0.2, 0.25) is 0 Å². The van der Waals surface area contributed by atoms with Gasteiger partial charge in [0, 0.05) is 5.56 Å². The zero-order valence-electron chi connectivity index (χ0n) is 19.3. The van der Waals surface area contributed by atoms with Crippen LogP contribution in [0, 0.1) is 10.1 Å². The van der Waals surface area contributed by atoms with Gasteiger partial charge in [0.05, 0.1) is 30.0 Å². The van der Waals surface area contributed by atoms with Gasteiger partial charge in [0.15, 0.2) is 11.3 Å². The van der Waals surface area contributed by atoms with Crippen molar-refractivity contribution < 1.29 is 27.6 Å². The van der Waals surface area contributed by atoms with Crippen LogP contribution in [0.4, 0.5) is 24.5 Å². The number of nitro groups is 1. The molecule has 0 aliphatic carbocycles. The Balaban J connectivity index is 1.81. The second kappa shape index (κ2) is 9.29. The summed E-state index contributed by atoms with van der Waals surface area (Å²) in [6.45, 7) is 3.98. The number of aromatic nitrogens is 3. The number of nitrogens with one attached hydrogen (secondary N) is 1. The Bertz CT molecular complexity index is 1460. The van der Waals surface area contributed by atoms with Crippen LogP contribution in [0.15, 0.2) is 54.7 Å². The molecule has 0 radical (unpaired) electrons. The van der Waals surface area contributed by atoms with E-state index in [0.717, 1.165) is 23.9 Å². The molecule has 4 rings (SSSR count). The summed E-state index contributed by atoms with van der Waals surface area (Å²) in [6, 6.07) is 11.5. The number of fused-ring (bicyclic) bond motifs is 1. The highest BCUT2D eigenvalue weighted by Crippen LogP contribution is 2.34. The van der Waals surface area contributed by atoms with Crippen LogP contribution in [0.25, 0.3) is 16.9 Å². The molecule has 36 heavy (non-hydrogen) atoms. The molecule has 12 heteroatoms. The first-order valence-electron chi connectivity index (χ1n) is 10.7. The van der Waals surface area contributed by atoms with E-state index in [-0.39, 0.29) is 34.3 Å². The van der Waals surface area contributed by atoms with E-state index in [1.165, 1.54) is 19.2 Å². The molecule has 9 nitrogen and oxygen atoms in total. The number of ether oxygens (including phenoxy) is 1. The lowest BCUT2D eigenvalue weighted by Gasteiger charge is -2.12. The first-order valence-corrected chi connectivity index (χ1v) is 10.7. The predicted molar refractivity (Wildman–Crippen MR) is 125 cm³/mol. The summed E-state index contributed by atoms with van der Waals surface area (Å²) in [6.07, 6.45) is -3.85. The second-order valence-corrected chi connectivity index (χ2v) is 8.19. The van der Waals surface area contributed by atoms with Crippen molar-refractivity contribution in [3.05, 3.63) is 81.7 Å². The van der Waals surface area contributed by atoms with Gasteiger partial charge in [-0.05, 0) is 29.7 Å². The Morgan fingerprint density at radius 1 is 1.14 bits per heavy atom. The normalized spacial score (nSPS) is 11.6. The van der Waals surface area contributed by atoms with Crippen LogP contribution in [-0.2, 0) is 6.18 Å². The van der Waals surface area contributed by atoms with E-state index >= 15 is 0 Å². The number of rotatable bonds is 6. The van der Waals surface area contributed by atoms with Gasteiger partial charge in [0.25, 0.3) is 11.6 Å². The molecular formula is C24H20F3N5O4. The minimum Gasteiger partial charge on any atom is -0.496 e. The van der Waals surface area contributed by atoms with E-state index in [0.29, 0.717) is 10.1 Å². The number of halogens is 3. The standard InChI is InChI=1S/C24H20F3N5O4/c1-13(2)14-4-6-15(7-5-14)19-11-21(24(25,26)27)31-22(29-19)17(12-28-31)23(33)30-18-9-8-16(36-3)10-20(18)32(34)35/h4-13H,1-3H3,(H,30,33). The number of nitrogens with zero attached hydrogens (tertiary/aromatic N) is 4. The number of carbonyl (C=O) groups is 1. The molecule has 186 valence electrons. The topological polar surface area (TPSA) is 112 Å². The monoisotopic (exact) mass is 499 g/mol. The maximum absolute atomic E-state index is 13.9. The molecule has 2 aromatic heterocycles. The van der Waals surface area contributed by atoms with Crippen LogP contribution in [0.3, 0.4) is 0 Å². The van der Waals surface area contributed by atoms with Gasteiger partial charge in [-0.3, -0.25) is 14.9 Å². The summed E-state index contributed by atoms with van der Waals surface area (Å²) in [5.74, 6) is -0.487. The lowest BCUT2D eigenvalue weighted by atomic mass is 10.0. The third-order valence-electron chi connectivity index (χ3n) is 5.53. The fourth-order valence-corrected chi connectivity index (χ4v) is 3.60. The Morgan fingerprint density at radius 3 is 2.42 bits per heavy atom. The van der Waals surface area contributed by atoms with E-state index in [1.807, 2.05) is 13.8 Å². The highest BCUT2D eigenvalue weighted by molar-refractivity contribution is 6.09. The van der Waals surface area contributed by atoms with Crippen molar-refractivity contribution in [2.45, 2.75) is 25.9 Å². The van der Waals surface area contributed by atoms with Gasteiger partial charge in [0.1, 0.15) is 17.0 Å². The number of nitro benzene ring substituents is 1. The second-order valence-electron chi connectivity index (χ2n) is 8.19. The average molecular weight is 499 g/mol. The molecule has 0 aliphatic rings. The quantitative estimate of drug-likeness (QED) is 0.269. The molecule has 0 unspecified atom stereocenters. The fraction of sp³-hybridized carbons (Fsp3) is 0.208. The summed E-state index contributed by atoms with van der Waals surface area (Å²) in [5.41, 5.74) is -0.949. The molecule has 2 aromatic carbocycles. The van der Waals surface area contributed by atoms with Gasteiger partial charge in [-0.1, -0.05) is 38.1 Å². The van der Waals surface area contributed by atoms with E-state index in [1.54, 1.807) is 24.3 Å². The average Bonchev–Trinajstić information content (AvgIpc) is 3.27. The molecule has 0 spiro atoms. The number of amides is 1. The number of benzene rings is 2. The third kappa shape index (κ3) is 4.69. The minimum atomic E-state index is -4.79. The Labute approximate surface area is 202 Å². The van der Waals surface area contributed by atoms with E-state index in [9.17, 15) is 28.1 Å². The molecule has 0 bridgehead atoms. The summed E-state index contributed by atoms with van der Waals surface area (Å²) < 4.78 is 47.1. The van der Waals surface area contributed by atoms with E-state index in [2.05, 4.69) is 15.4 Å². The minimum absolute atomic E-state index is 0.00453. The van der Waals surface area contributed by atoms with Gasteiger partial charge >= 0.3 is 6.18 Å². The third-order valence-corrected chi connectivity index (χ3v) is 5.53. The lowest BCUT2D eigenvalue weighted by molar-refractivity contribution is -0.384. The first kappa shape index (κ1) is 24.6. The van der Waals surface area contributed by atoms with Crippen LogP contribution < -0.4 is 10.1 Å². The van der Waals surface area contributed by atoms with Crippen LogP contribution in [0.1, 0.15) is 41.4 Å². The van der Waals surface area contributed by atoms with E-state index in [4.69, 9.17) is 4.74 Å². The van der Waals surface area contributed by atoms with Gasteiger partial charge < -0.3 is 10.1 Å². The summed E-state index contributed by atoms with van der Waals surface area (Å²) in [7, 11) is 1.33. The van der Waals surface area contributed by atoms with Crippen molar-refractivity contribution in [1.29, 1.82) is 0 Å². The van der Waals surface area contributed by atoms with Gasteiger partial charge in [-0.25, -0.2) is 9.50 Å². The molecule has 0 saturated heterocycles. The Hall–Kier alpha value is -4.48. The van der Waals surface area contributed by atoms with Crippen LogP contribution >= 0.6 is 0 Å². The number of carbonyl (C=O) groups excluding carboxylic acids is 1. The summed E-state index contributed by atoms with van der Waals surface area (Å²) in [4.78, 5) is 28.0. The lowest BCUT2D eigenvalue weighted by Crippen LogP contribution is -2.16. The maximum Gasteiger partial charge on any atom is 0.433 e. The zero-order chi connectivity index (χ0) is 26.2. The Morgan fingerprint density at radius 2 is 1.83 bits per heavy atom. The number of methoxy groups -OCH3 is 1. The summed E-state index contributed by atoms with van der Waals surface area (Å²) in [5, 5.41) is 17.5. The van der Waals surface area contributed by atoms with Gasteiger partial charge in [-0.15, -0.1) is 0 Å². The van der Waals surface area contributed by atoms with Crippen LogP contribution in [-0.4, -0.2) is 32.5 Å². The molecule has 4 aromatic rings. The number of anilines is 1. The number of hydrogen-bond donors (Lipinski definition) is 1. The molecule has 1 N–H and O–H groups in total. The molecule has 2 heterocycles. The summed E-state index contributed by atoms with van der Waals surface area (Å²) >= 11 is 0. The molecule has 0 fully saturated rings. The molecule has 0 saturated carbocycles. The molecule has 1 amide bonds. The number of hydrogen-bond acceptors (Lipinski definition) is 6. The van der Waals surface area contributed by atoms with E-state index < -0.39 is 28.4 Å². The van der Waals surface area contributed by atoms with Crippen LogP contribution in [0.2, 0.25) is 0 Å². The van der Waals surface area contributed by atoms with Crippen molar-refractivity contribution >= 4 is 22.9 Å².